The number of amides is 1. The number of rotatable bonds is 3. The summed E-state index contributed by atoms with van der Waals surface area (Å²) in [4.78, 5) is 13.3. The fourth-order valence-electron chi connectivity index (χ4n) is 1.35. The molecule has 4 heteroatoms. The van der Waals surface area contributed by atoms with Crippen molar-refractivity contribution in [1.82, 2.24) is 4.90 Å². The number of phenolic OH excluding ortho intramolecular Hbond substituents is 2. The average molecular weight is 221 g/mol. The number of aromatic hydroxyl groups is 2. The summed E-state index contributed by atoms with van der Waals surface area (Å²) in [5.41, 5.74) is 1.21. The molecule has 1 rings (SSSR count). The molecule has 0 spiro atoms. The van der Waals surface area contributed by atoms with Crippen LogP contribution in [0.3, 0.4) is 0 Å². The van der Waals surface area contributed by atoms with Crippen molar-refractivity contribution >= 4 is 5.91 Å². The van der Waals surface area contributed by atoms with Crippen molar-refractivity contribution in [2.24, 2.45) is 0 Å². The Bertz CT molecular complexity index is 426. The summed E-state index contributed by atoms with van der Waals surface area (Å²) in [5, 5.41) is 18.4. The van der Waals surface area contributed by atoms with Gasteiger partial charge in [-0.25, -0.2) is 0 Å². The first-order chi connectivity index (χ1) is 7.41. The number of hydrogen-bond acceptors (Lipinski definition) is 3. The summed E-state index contributed by atoms with van der Waals surface area (Å²) < 4.78 is 0. The van der Waals surface area contributed by atoms with Crippen LogP contribution in [0.5, 0.6) is 11.5 Å². The quantitative estimate of drug-likeness (QED) is 0.603. The van der Waals surface area contributed by atoms with E-state index >= 15 is 0 Å². The Hall–Kier alpha value is -1.97. The molecule has 0 aliphatic rings. The third-order valence-corrected chi connectivity index (χ3v) is 2.08. The number of carbonyl (C=O) groups is 1. The van der Waals surface area contributed by atoms with Crippen LogP contribution in [0.25, 0.3) is 0 Å². The normalized spacial score (nSPS) is 9.88. The molecule has 0 fully saturated rings. The van der Waals surface area contributed by atoms with Crippen LogP contribution in [0.2, 0.25) is 0 Å². The zero-order valence-electron chi connectivity index (χ0n) is 9.40. The minimum absolute atomic E-state index is 0.224. The van der Waals surface area contributed by atoms with E-state index in [0.717, 1.165) is 5.57 Å². The van der Waals surface area contributed by atoms with Crippen molar-refractivity contribution in [3.8, 4) is 11.5 Å². The van der Waals surface area contributed by atoms with Crippen molar-refractivity contribution in [3.05, 3.63) is 35.9 Å². The van der Waals surface area contributed by atoms with E-state index in [1.165, 1.54) is 23.1 Å². The number of nitrogens with zero attached hydrogens (tertiary/aromatic N) is 1. The fourth-order valence-corrected chi connectivity index (χ4v) is 1.35. The van der Waals surface area contributed by atoms with Crippen LogP contribution in [0.15, 0.2) is 30.4 Å². The molecule has 0 aromatic heterocycles. The molecular weight excluding hydrogens is 206 g/mol. The minimum atomic E-state index is -0.297. The van der Waals surface area contributed by atoms with Gasteiger partial charge in [-0.15, -0.1) is 0 Å². The lowest BCUT2D eigenvalue weighted by Crippen LogP contribution is -2.28. The molecule has 0 saturated carbocycles. The third kappa shape index (κ3) is 2.76. The smallest absolute Gasteiger partial charge is 0.254 e. The van der Waals surface area contributed by atoms with Crippen molar-refractivity contribution in [3.63, 3.8) is 0 Å². The summed E-state index contributed by atoms with van der Waals surface area (Å²) in [6.07, 6.45) is 0. The molecule has 0 heterocycles. The van der Waals surface area contributed by atoms with Gasteiger partial charge in [-0.3, -0.25) is 4.79 Å². The number of carbonyl (C=O) groups excluding carboxylic acids is 1. The van der Waals surface area contributed by atoms with Gasteiger partial charge in [0.2, 0.25) is 0 Å². The van der Waals surface area contributed by atoms with E-state index in [-0.39, 0.29) is 17.4 Å². The van der Waals surface area contributed by atoms with Gasteiger partial charge in [0.15, 0.2) is 11.5 Å². The fraction of sp³-hybridized carbons (Fsp3) is 0.250. The van der Waals surface area contributed by atoms with Crippen LogP contribution in [0.1, 0.15) is 17.3 Å². The number of likely N-dealkylation sites (N-methyl/N-ethyl adjacent to an activating group) is 1. The van der Waals surface area contributed by atoms with Gasteiger partial charge in [-0.05, 0) is 25.1 Å². The van der Waals surface area contributed by atoms with Crippen molar-refractivity contribution < 1.29 is 15.0 Å². The maximum absolute atomic E-state index is 11.8. The molecule has 0 atom stereocenters. The average Bonchev–Trinajstić information content (AvgIpc) is 2.20. The molecule has 0 bridgehead atoms. The Kier molecular flexibility index (Phi) is 3.55. The maximum atomic E-state index is 11.8. The first-order valence-electron chi connectivity index (χ1n) is 4.83. The second-order valence-corrected chi connectivity index (χ2v) is 3.82. The van der Waals surface area contributed by atoms with E-state index in [2.05, 4.69) is 6.58 Å². The van der Waals surface area contributed by atoms with Crippen molar-refractivity contribution in [2.45, 2.75) is 6.92 Å². The zero-order chi connectivity index (χ0) is 12.3. The van der Waals surface area contributed by atoms with Gasteiger partial charge in [0.1, 0.15) is 0 Å². The monoisotopic (exact) mass is 221 g/mol. The van der Waals surface area contributed by atoms with Crippen LogP contribution < -0.4 is 0 Å². The molecule has 86 valence electrons. The summed E-state index contributed by atoms with van der Waals surface area (Å²) in [6, 6.07) is 4.00. The van der Waals surface area contributed by atoms with Gasteiger partial charge in [0.05, 0.1) is 0 Å². The van der Waals surface area contributed by atoms with Crippen LogP contribution >= 0.6 is 0 Å². The lowest BCUT2D eigenvalue weighted by molar-refractivity contribution is 0.0806. The third-order valence-electron chi connectivity index (χ3n) is 2.08. The van der Waals surface area contributed by atoms with Gasteiger partial charge >= 0.3 is 0 Å². The molecule has 2 N–H and O–H groups in total. The van der Waals surface area contributed by atoms with Crippen molar-refractivity contribution in [2.75, 3.05) is 13.6 Å². The molecule has 0 aliphatic heterocycles. The molecular formula is C12H15NO3. The summed E-state index contributed by atoms with van der Waals surface area (Å²) >= 11 is 0. The van der Waals surface area contributed by atoms with Gasteiger partial charge in [-0.2, -0.15) is 0 Å². The summed E-state index contributed by atoms with van der Waals surface area (Å²) in [5.74, 6) is -0.757. The number of phenols is 2. The lowest BCUT2D eigenvalue weighted by Gasteiger charge is -2.17. The largest absolute Gasteiger partial charge is 0.504 e. The molecule has 0 unspecified atom stereocenters. The molecule has 16 heavy (non-hydrogen) atoms. The Morgan fingerprint density at radius 1 is 1.38 bits per heavy atom. The standard InChI is InChI=1S/C12H15NO3/c1-8(2)7-13(3)12(16)9-4-5-10(14)11(15)6-9/h4-6,14-15H,1,7H2,2-3H3. The van der Waals surface area contributed by atoms with Gasteiger partial charge in [0, 0.05) is 19.2 Å². The molecule has 0 aliphatic carbocycles. The van der Waals surface area contributed by atoms with Crippen molar-refractivity contribution in [1.29, 1.82) is 0 Å². The summed E-state index contributed by atoms with van der Waals surface area (Å²) in [6.45, 7) is 6.01. The van der Waals surface area contributed by atoms with Crippen LogP contribution in [0.4, 0.5) is 0 Å². The van der Waals surface area contributed by atoms with E-state index in [0.29, 0.717) is 12.1 Å². The highest BCUT2D eigenvalue weighted by Gasteiger charge is 2.13. The second-order valence-electron chi connectivity index (χ2n) is 3.82. The Labute approximate surface area is 94.4 Å². The zero-order valence-corrected chi connectivity index (χ0v) is 9.40. The van der Waals surface area contributed by atoms with Gasteiger partial charge < -0.3 is 15.1 Å². The van der Waals surface area contributed by atoms with E-state index in [9.17, 15) is 9.90 Å². The lowest BCUT2D eigenvalue weighted by atomic mass is 10.1. The highest BCUT2D eigenvalue weighted by molar-refractivity contribution is 5.94. The van der Waals surface area contributed by atoms with E-state index in [1.807, 2.05) is 6.92 Å². The highest BCUT2D eigenvalue weighted by Crippen LogP contribution is 2.25. The van der Waals surface area contributed by atoms with Gasteiger partial charge in [0.25, 0.3) is 5.91 Å². The first kappa shape index (κ1) is 12.1. The predicted octanol–water partition coefficient (Wildman–Crippen LogP) is 1.75. The molecule has 1 aromatic carbocycles. The second kappa shape index (κ2) is 4.70. The Balaban J connectivity index is 2.88. The molecule has 4 nitrogen and oxygen atoms in total. The van der Waals surface area contributed by atoms with E-state index in [1.54, 1.807) is 7.05 Å². The topological polar surface area (TPSA) is 60.8 Å². The van der Waals surface area contributed by atoms with Crippen LogP contribution in [0, 0.1) is 0 Å². The minimum Gasteiger partial charge on any atom is -0.504 e. The van der Waals surface area contributed by atoms with Crippen LogP contribution in [-0.2, 0) is 0 Å². The highest BCUT2D eigenvalue weighted by atomic mass is 16.3. The molecule has 0 radical (unpaired) electrons. The summed E-state index contributed by atoms with van der Waals surface area (Å²) in [7, 11) is 1.65. The molecule has 0 saturated heterocycles. The van der Waals surface area contributed by atoms with Gasteiger partial charge in [-0.1, -0.05) is 12.2 Å². The number of benzene rings is 1. The van der Waals surface area contributed by atoms with E-state index < -0.39 is 0 Å². The Morgan fingerprint density at radius 3 is 2.50 bits per heavy atom. The SMILES string of the molecule is C=C(C)CN(C)C(=O)c1ccc(O)c(O)c1. The molecule has 1 amide bonds. The van der Waals surface area contributed by atoms with Crippen LogP contribution in [-0.4, -0.2) is 34.6 Å². The molecule has 1 aromatic rings. The van der Waals surface area contributed by atoms with E-state index in [4.69, 9.17) is 5.11 Å². The predicted molar refractivity (Wildman–Crippen MR) is 61.5 cm³/mol. The maximum Gasteiger partial charge on any atom is 0.254 e. The number of hydrogen-bond donors (Lipinski definition) is 2. The first-order valence-corrected chi connectivity index (χ1v) is 4.83. The Morgan fingerprint density at radius 2 is 2.00 bits per heavy atom.